The van der Waals surface area contributed by atoms with E-state index in [1.54, 1.807) is 6.20 Å². The fourth-order valence-electron chi connectivity index (χ4n) is 1.74. The second-order valence-electron chi connectivity index (χ2n) is 5.22. The second kappa shape index (κ2) is 9.89. The predicted octanol–water partition coefficient (Wildman–Crippen LogP) is 1.98. The zero-order valence-corrected chi connectivity index (χ0v) is 12.0. The van der Waals surface area contributed by atoms with Crippen molar-refractivity contribution in [2.45, 2.75) is 39.3 Å². The van der Waals surface area contributed by atoms with Gasteiger partial charge in [0.2, 0.25) is 0 Å². The lowest BCUT2D eigenvalue weighted by atomic mass is 10.1. The minimum atomic E-state index is -0.456. The maximum absolute atomic E-state index is 9.73. The molecular formula is C15H26N2O2. The molecule has 0 aliphatic carbocycles. The summed E-state index contributed by atoms with van der Waals surface area (Å²) in [6.45, 7) is 6.74. The number of ether oxygens (including phenoxy) is 1. The minimum Gasteiger partial charge on any atom is -0.389 e. The first-order chi connectivity index (χ1) is 9.18. The Morgan fingerprint density at radius 2 is 2.21 bits per heavy atom. The number of rotatable bonds is 10. The molecule has 19 heavy (non-hydrogen) atoms. The number of aliphatic hydroxyl groups is 1. The highest BCUT2D eigenvalue weighted by molar-refractivity contribution is 5.02. The van der Waals surface area contributed by atoms with Gasteiger partial charge in [0.25, 0.3) is 0 Å². The molecule has 0 spiro atoms. The van der Waals surface area contributed by atoms with Crippen LogP contribution in [0.5, 0.6) is 0 Å². The Balaban J connectivity index is 1.97. The molecule has 0 amide bonds. The molecule has 108 valence electrons. The largest absolute Gasteiger partial charge is 0.389 e. The van der Waals surface area contributed by atoms with Gasteiger partial charge in [-0.1, -0.05) is 19.9 Å². The average Bonchev–Trinajstić information content (AvgIpc) is 2.39. The Morgan fingerprint density at radius 1 is 1.37 bits per heavy atom. The van der Waals surface area contributed by atoms with Crippen LogP contribution in [0, 0.1) is 5.92 Å². The molecule has 0 radical (unpaired) electrons. The molecule has 1 aromatic heterocycles. The van der Waals surface area contributed by atoms with Gasteiger partial charge in [-0.2, -0.15) is 0 Å². The summed E-state index contributed by atoms with van der Waals surface area (Å²) < 4.78 is 5.44. The zero-order valence-electron chi connectivity index (χ0n) is 12.0. The summed E-state index contributed by atoms with van der Waals surface area (Å²) in [4.78, 5) is 4.20. The van der Waals surface area contributed by atoms with Gasteiger partial charge in [-0.05, 0) is 30.9 Å². The van der Waals surface area contributed by atoms with Crippen LogP contribution in [0.2, 0.25) is 0 Å². The first-order valence-corrected chi connectivity index (χ1v) is 7.05. The number of aromatic nitrogens is 1. The topological polar surface area (TPSA) is 54.4 Å². The van der Waals surface area contributed by atoms with Crippen molar-refractivity contribution in [1.82, 2.24) is 10.3 Å². The summed E-state index contributed by atoms with van der Waals surface area (Å²) in [5, 5.41) is 12.9. The van der Waals surface area contributed by atoms with Crippen molar-refractivity contribution in [2.24, 2.45) is 5.92 Å². The molecule has 4 nitrogen and oxygen atoms in total. The number of aliphatic hydroxyl groups excluding tert-OH is 1. The van der Waals surface area contributed by atoms with Crippen LogP contribution in [0.25, 0.3) is 0 Å². The lowest BCUT2D eigenvalue weighted by molar-refractivity contribution is 0.0346. The van der Waals surface area contributed by atoms with Crippen LogP contribution in [-0.4, -0.2) is 36.0 Å². The van der Waals surface area contributed by atoms with Crippen molar-refractivity contribution in [3.05, 3.63) is 30.1 Å². The molecule has 1 unspecified atom stereocenters. The fraction of sp³-hybridized carbons (Fsp3) is 0.667. The van der Waals surface area contributed by atoms with E-state index in [9.17, 15) is 5.11 Å². The van der Waals surface area contributed by atoms with Gasteiger partial charge in [-0.25, -0.2) is 0 Å². The molecule has 2 N–H and O–H groups in total. The Bertz CT molecular complexity index is 317. The van der Waals surface area contributed by atoms with E-state index in [1.165, 1.54) is 6.42 Å². The van der Waals surface area contributed by atoms with Gasteiger partial charge in [0.1, 0.15) is 0 Å². The van der Waals surface area contributed by atoms with Crippen molar-refractivity contribution in [1.29, 1.82) is 0 Å². The third-order valence-electron chi connectivity index (χ3n) is 2.79. The van der Waals surface area contributed by atoms with Gasteiger partial charge in [0.15, 0.2) is 0 Å². The van der Waals surface area contributed by atoms with Gasteiger partial charge in [-0.3, -0.25) is 4.98 Å². The predicted molar refractivity (Wildman–Crippen MR) is 76.8 cm³/mol. The lowest BCUT2D eigenvalue weighted by Crippen LogP contribution is -2.30. The Labute approximate surface area is 116 Å². The highest BCUT2D eigenvalue weighted by Crippen LogP contribution is 2.03. The monoisotopic (exact) mass is 266 g/mol. The normalized spacial score (nSPS) is 12.8. The van der Waals surface area contributed by atoms with Gasteiger partial charge >= 0.3 is 0 Å². The third-order valence-corrected chi connectivity index (χ3v) is 2.79. The summed E-state index contributed by atoms with van der Waals surface area (Å²) in [7, 11) is 0. The summed E-state index contributed by atoms with van der Waals surface area (Å²) in [6.07, 6.45) is 3.55. The molecule has 1 rings (SSSR count). The van der Waals surface area contributed by atoms with Crippen LogP contribution in [-0.2, 0) is 11.3 Å². The summed E-state index contributed by atoms with van der Waals surface area (Å²) in [5.74, 6) is 0.716. The van der Waals surface area contributed by atoms with E-state index in [4.69, 9.17) is 4.74 Å². The standard InChI is InChI=1S/C15H26N2O2/c1-13(2)6-5-9-19-12-15(18)11-16-10-14-7-3-4-8-17-14/h3-4,7-8,13,15-16,18H,5-6,9-12H2,1-2H3. The van der Waals surface area contributed by atoms with Gasteiger partial charge in [0.05, 0.1) is 18.4 Å². The second-order valence-corrected chi connectivity index (χ2v) is 5.22. The molecule has 0 aromatic carbocycles. The van der Waals surface area contributed by atoms with E-state index in [1.807, 2.05) is 18.2 Å². The Kier molecular flexibility index (Phi) is 8.38. The summed E-state index contributed by atoms with van der Waals surface area (Å²) in [5.41, 5.74) is 0.979. The molecule has 4 heteroatoms. The lowest BCUT2D eigenvalue weighted by Gasteiger charge is -2.12. The average molecular weight is 266 g/mol. The van der Waals surface area contributed by atoms with Crippen LogP contribution in [0.4, 0.5) is 0 Å². The molecule has 1 heterocycles. The molecule has 0 aliphatic heterocycles. The van der Waals surface area contributed by atoms with Gasteiger partial charge in [-0.15, -0.1) is 0 Å². The maximum Gasteiger partial charge on any atom is 0.0897 e. The van der Waals surface area contributed by atoms with E-state index in [-0.39, 0.29) is 0 Å². The highest BCUT2D eigenvalue weighted by Gasteiger charge is 2.04. The Hall–Kier alpha value is -0.970. The van der Waals surface area contributed by atoms with E-state index in [2.05, 4.69) is 24.1 Å². The number of hydrogen-bond donors (Lipinski definition) is 2. The van der Waals surface area contributed by atoms with E-state index in [0.29, 0.717) is 25.6 Å². The summed E-state index contributed by atoms with van der Waals surface area (Å²) >= 11 is 0. The fourth-order valence-corrected chi connectivity index (χ4v) is 1.74. The van der Waals surface area contributed by atoms with Crippen molar-refractivity contribution in [3.63, 3.8) is 0 Å². The maximum atomic E-state index is 9.73. The summed E-state index contributed by atoms with van der Waals surface area (Å²) in [6, 6.07) is 5.81. The molecule has 0 bridgehead atoms. The van der Waals surface area contributed by atoms with Gasteiger partial charge < -0.3 is 15.2 Å². The van der Waals surface area contributed by atoms with Crippen LogP contribution in [0.15, 0.2) is 24.4 Å². The van der Waals surface area contributed by atoms with Crippen LogP contribution >= 0.6 is 0 Å². The quantitative estimate of drug-likeness (QED) is 0.636. The molecule has 1 aromatic rings. The first kappa shape index (κ1) is 16.1. The van der Waals surface area contributed by atoms with Crippen molar-refractivity contribution in [3.8, 4) is 0 Å². The third kappa shape index (κ3) is 8.70. The SMILES string of the molecule is CC(C)CCCOCC(O)CNCc1ccccn1. The minimum absolute atomic E-state index is 0.396. The number of nitrogens with zero attached hydrogens (tertiary/aromatic N) is 1. The number of nitrogens with one attached hydrogen (secondary N) is 1. The molecule has 0 fully saturated rings. The van der Waals surface area contributed by atoms with Crippen LogP contribution in [0.3, 0.4) is 0 Å². The zero-order chi connectivity index (χ0) is 13.9. The molecule has 1 atom stereocenters. The molecule has 0 saturated carbocycles. The highest BCUT2D eigenvalue weighted by atomic mass is 16.5. The molecule has 0 aliphatic rings. The van der Waals surface area contributed by atoms with E-state index >= 15 is 0 Å². The number of pyridine rings is 1. The van der Waals surface area contributed by atoms with Crippen molar-refractivity contribution in [2.75, 3.05) is 19.8 Å². The van der Waals surface area contributed by atoms with Crippen LogP contribution < -0.4 is 5.32 Å². The van der Waals surface area contributed by atoms with Crippen molar-refractivity contribution < 1.29 is 9.84 Å². The number of hydrogen-bond acceptors (Lipinski definition) is 4. The Morgan fingerprint density at radius 3 is 2.89 bits per heavy atom. The van der Waals surface area contributed by atoms with Crippen molar-refractivity contribution >= 4 is 0 Å². The van der Waals surface area contributed by atoms with E-state index < -0.39 is 6.10 Å². The molecular weight excluding hydrogens is 240 g/mol. The van der Waals surface area contributed by atoms with Gasteiger partial charge in [0, 0.05) is 25.9 Å². The van der Waals surface area contributed by atoms with E-state index in [0.717, 1.165) is 18.7 Å². The molecule has 0 saturated heterocycles. The first-order valence-electron chi connectivity index (χ1n) is 7.05. The van der Waals surface area contributed by atoms with Crippen LogP contribution in [0.1, 0.15) is 32.4 Å². The smallest absolute Gasteiger partial charge is 0.0897 e.